The van der Waals surface area contributed by atoms with Crippen molar-refractivity contribution in [1.82, 2.24) is 29.5 Å². The van der Waals surface area contributed by atoms with Crippen molar-refractivity contribution in [2.24, 2.45) is 11.3 Å². The third-order valence-corrected chi connectivity index (χ3v) is 17.6. The van der Waals surface area contributed by atoms with Gasteiger partial charge in [-0.3, -0.25) is 24.7 Å². The fraction of sp³-hybridized carbons (Fsp3) is 0.436. The predicted molar refractivity (Wildman–Crippen MR) is 283 cm³/mol. The van der Waals surface area contributed by atoms with E-state index in [4.69, 9.17) is 16.3 Å². The van der Waals surface area contributed by atoms with Gasteiger partial charge in [0.05, 0.1) is 33.9 Å². The molecule has 10 rings (SSSR count). The van der Waals surface area contributed by atoms with Gasteiger partial charge in [0.25, 0.3) is 15.9 Å². The number of aromatic nitrogens is 3. The second-order valence-corrected chi connectivity index (χ2v) is 23.6. The van der Waals surface area contributed by atoms with Crippen LogP contribution in [0.5, 0.6) is 11.5 Å². The number of piperazine rings is 1. The summed E-state index contributed by atoms with van der Waals surface area (Å²) < 4.78 is 50.6. The number of benzene rings is 3. The van der Waals surface area contributed by atoms with Gasteiger partial charge in [-0.25, -0.2) is 27.5 Å². The number of H-pyrrole nitrogens is 1. The van der Waals surface area contributed by atoms with Crippen molar-refractivity contribution in [3.8, 4) is 11.5 Å². The zero-order valence-corrected chi connectivity index (χ0v) is 43.5. The number of aromatic amines is 1. The summed E-state index contributed by atoms with van der Waals surface area (Å²) in [5.41, 5.74) is 3.85. The molecule has 2 aliphatic carbocycles. The van der Waals surface area contributed by atoms with Gasteiger partial charge >= 0.3 is 5.69 Å². The molecule has 6 aromatic rings. The molecule has 4 N–H and O–H groups in total. The van der Waals surface area contributed by atoms with Crippen LogP contribution in [0.15, 0.2) is 102 Å². The number of piperidine rings is 1. The monoisotopic (exact) mass is 1050 g/mol. The van der Waals surface area contributed by atoms with Crippen LogP contribution in [0.4, 0.5) is 21.6 Å². The number of carbonyl (C=O) groups excluding carboxylic acids is 1. The standard InChI is InChI=1S/C55H63ClFN9O7S/c1-35(2)43-6-4-5-7-44(43)49-34-63(33-37-8-10-38(56)11-9-37)22-23-65(49)40-27-55(28-40)18-20-64(21-19-55)39-12-13-45(50(24-39)73-41-25-46-47(57)32-61-51(46)59-30-41)53(67)62-74(71,72)42-26-48(66(69)70)52(60-31-42)58-29-36-14-16-54(3,68)17-15-36/h4-13,24-26,30-32,35-36,40,49,68H,14-23,27-29,33-34H2,1-3H3,(H,58,60)(H,59,61)(H,62,67)/t36?,49-,54?/m0/s1. The number of nitro groups is 1. The lowest BCUT2D eigenvalue weighted by molar-refractivity contribution is -0.384. The minimum absolute atomic E-state index is 0.00657. The van der Waals surface area contributed by atoms with E-state index in [1.54, 1.807) is 19.1 Å². The molecule has 74 heavy (non-hydrogen) atoms. The fourth-order valence-corrected chi connectivity index (χ4v) is 12.7. The quantitative estimate of drug-likeness (QED) is 0.0560. The van der Waals surface area contributed by atoms with Crippen LogP contribution in [0, 0.1) is 27.3 Å². The largest absolute Gasteiger partial charge is 0.455 e. The van der Waals surface area contributed by atoms with E-state index in [-0.39, 0.29) is 45.6 Å². The van der Waals surface area contributed by atoms with Crippen LogP contribution in [0.25, 0.3) is 11.0 Å². The number of halogens is 2. The number of anilines is 2. The molecule has 5 heterocycles. The van der Waals surface area contributed by atoms with Gasteiger partial charge in [-0.1, -0.05) is 61.8 Å². The molecule has 19 heteroatoms. The summed E-state index contributed by atoms with van der Waals surface area (Å²) in [5, 5.41) is 26.4. The average molecular weight is 1050 g/mol. The van der Waals surface area contributed by atoms with E-state index in [0.717, 1.165) is 87.9 Å². The topological polar surface area (TPSA) is 199 Å². The van der Waals surface area contributed by atoms with E-state index in [9.17, 15) is 32.8 Å². The van der Waals surface area contributed by atoms with E-state index >= 15 is 0 Å². The predicted octanol–water partition coefficient (Wildman–Crippen LogP) is 10.4. The number of rotatable bonds is 15. The molecule has 2 saturated carbocycles. The minimum atomic E-state index is -4.70. The molecule has 3 aromatic heterocycles. The lowest BCUT2D eigenvalue weighted by Crippen LogP contribution is -2.60. The van der Waals surface area contributed by atoms with Crippen molar-refractivity contribution in [2.75, 3.05) is 49.5 Å². The van der Waals surface area contributed by atoms with Crippen LogP contribution >= 0.6 is 11.6 Å². The van der Waals surface area contributed by atoms with Crippen molar-refractivity contribution in [2.45, 2.75) is 107 Å². The highest BCUT2D eigenvalue weighted by molar-refractivity contribution is 7.90. The molecule has 1 atom stereocenters. The summed E-state index contributed by atoms with van der Waals surface area (Å²) in [4.78, 5) is 43.7. The Bertz CT molecular complexity index is 3150. The van der Waals surface area contributed by atoms with Gasteiger partial charge in [-0.05, 0) is 123 Å². The Morgan fingerprint density at radius 1 is 0.986 bits per heavy atom. The van der Waals surface area contributed by atoms with Crippen LogP contribution in [0.1, 0.15) is 111 Å². The van der Waals surface area contributed by atoms with Crippen molar-refractivity contribution in [3.63, 3.8) is 0 Å². The van der Waals surface area contributed by atoms with Crippen LogP contribution < -0.4 is 19.7 Å². The van der Waals surface area contributed by atoms with Gasteiger partial charge in [0, 0.05) is 86.9 Å². The van der Waals surface area contributed by atoms with E-state index in [1.807, 2.05) is 12.1 Å². The zero-order chi connectivity index (χ0) is 51.9. The van der Waals surface area contributed by atoms with E-state index in [1.165, 1.54) is 41.2 Å². The maximum atomic E-state index is 14.7. The Morgan fingerprint density at radius 2 is 1.73 bits per heavy atom. The van der Waals surface area contributed by atoms with Gasteiger partial charge in [0.1, 0.15) is 27.9 Å². The summed E-state index contributed by atoms with van der Waals surface area (Å²) in [6, 6.07) is 25.0. The average Bonchev–Trinajstić information content (AvgIpc) is 3.75. The van der Waals surface area contributed by atoms with Gasteiger partial charge < -0.3 is 25.0 Å². The molecule has 3 aromatic carbocycles. The molecular weight excluding hydrogens is 985 g/mol. The zero-order valence-electron chi connectivity index (χ0n) is 41.9. The maximum absolute atomic E-state index is 14.7. The number of nitrogens with one attached hydrogen (secondary N) is 3. The first kappa shape index (κ1) is 51.3. The number of hydrogen-bond donors (Lipinski definition) is 4. The number of ether oxygens (including phenoxy) is 1. The molecule has 1 amide bonds. The normalized spacial score (nSPS) is 21.7. The highest BCUT2D eigenvalue weighted by Crippen LogP contribution is 2.53. The van der Waals surface area contributed by atoms with Crippen LogP contribution in [0.2, 0.25) is 5.02 Å². The summed E-state index contributed by atoms with van der Waals surface area (Å²) in [7, 11) is -4.70. The summed E-state index contributed by atoms with van der Waals surface area (Å²) >= 11 is 6.23. The lowest BCUT2D eigenvalue weighted by atomic mass is 9.59. The first-order valence-corrected chi connectivity index (χ1v) is 27.5. The molecular formula is C55H63ClFN9O7S. The van der Waals surface area contributed by atoms with Crippen LogP contribution in [0.3, 0.4) is 0 Å². The Morgan fingerprint density at radius 3 is 2.46 bits per heavy atom. The number of amides is 1. The maximum Gasteiger partial charge on any atom is 0.312 e. The van der Waals surface area contributed by atoms with E-state index in [2.05, 4.69) is 89.9 Å². The molecule has 2 aliphatic heterocycles. The first-order chi connectivity index (χ1) is 35.4. The Hall–Kier alpha value is -6.18. The SMILES string of the molecule is CC(C)c1ccccc1[C@@H]1CN(Cc2ccc(Cl)cc2)CCN1C1CC2(CCN(c3ccc(C(=O)NS(=O)(=O)c4cnc(NCC5CCC(C)(O)CC5)c([N+](=O)[O-])c4)c(Oc4cnc5[nH]cc(F)c5c4)c3)CC2)C1. The molecule has 0 radical (unpaired) electrons. The van der Waals surface area contributed by atoms with Crippen molar-refractivity contribution in [3.05, 3.63) is 141 Å². The third-order valence-electron chi connectivity index (χ3n) is 16.0. The number of pyridine rings is 2. The number of hydrogen-bond acceptors (Lipinski definition) is 13. The molecule has 4 aliphatic rings. The molecule has 0 unspecified atom stereocenters. The molecule has 0 bridgehead atoms. The number of sulfonamides is 1. The first-order valence-electron chi connectivity index (χ1n) is 25.6. The minimum Gasteiger partial charge on any atom is -0.455 e. The van der Waals surface area contributed by atoms with Crippen LogP contribution in [-0.4, -0.2) is 100 Å². The lowest BCUT2D eigenvalue weighted by Gasteiger charge is -2.58. The van der Waals surface area contributed by atoms with Gasteiger partial charge in [-0.15, -0.1) is 0 Å². The van der Waals surface area contributed by atoms with Crippen molar-refractivity contribution < 1.29 is 32.4 Å². The summed E-state index contributed by atoms with van der Waals surface area (Å²) in [5.74, 6) is -1.04. The number of aliphatic hydroxyl groups is 1. The van der Waals surface area contributed by atoms with Crippen molar-refractivity contribution in [1.29, 1.82) is 0 Å². The van der Waals surface area contributed by atoms with Gasteiger partial charge in [0.15, 0.2) is 0 Å². The van der Waals surface area contributed by atoms with Crippen LogP contribution in [-0.2, 0) is 16.6 Å². The fourth-order valence-electron chi connectivity index (χ4n) is 11.7. The molecule has 16 nitrogen and oxygen atoms in total. The molecule has 2 saturated heterocycles. The van der Waals surface area contributed by atoms with Gasteiger partial charge in [-0.2, -0.15) is 0 Å². The Balaban J connectivity index is 0.840. The summed E-state index contributed by atoms with van der Waals surface area (Å²) in [6.07, 6.45) is 10.3. The molecule has 390 valence electrons. The smallest absolute Gasteiger partial charge is 0.312 e. The van der Waals surface area contributed by atoms with E-state index in [0.29, 0.717) is 49.8 Å². The van der Waals surface area contributed by atoms with Gasteiger partial charge in [0.2, 0.25) is 5.82 Å². The Kier molecular flexibility index (Phi) is 14.5. The number of carbonyl (C=O) groups is 1. The highest BCUT2D eigenvalue weighted by atomic mass is 35.5. The summed E-state index contributed by atoms with van der Waals surface area (Å²) in [6.45, 7) is 12.0. The number of nitrogens with zero attached hydrogens (tertiary/aromatic N) is 6. The molecule has 4 fully saturated rings. The Labute approximate surface area is 435 Å². The van der Waals surface area contributed by atoms with E-state index < -0.39 is 42.9 Å². The van der Waals surface area contributed by atoms with Crippen molar-refractivity contribution >= 4 is 55.8 Å². The highest BCUT2D eigenvalue weighted by Gasteiger charge is 2.50. The molecule has 1 spiro atoms. The number of fused-ring (bicyclic) bond motifs is 1. The second kappa shape index (κ2) is 20.9. The second-order valence-electron chi connectivity index (χ2n) is 21.5. The third kappa shape index (κ3) is 11.1.